The molecule has 0 bridgehead atoms. The van der Waals surface area contributed by atoms with Gasteiger partial charge in [-0.1, -0.05) is 19.1 Å². The van der Waals surface area contributed by atoms with Gasteiger partial charge in [0.2, 0.25) is 5.91 Å². The van der Waals surface area contributed by atoms with Crippen LogP contribution in [0.2, 0.25) is 0 Å². The van der Waals surface area contributed by atoms with E-state index in [1.54, 1.807) is 0 Å². The fourth-order valence-corrected chi connectivity index (χ4v) is 2.65. The third-order valence-corrected chi connectivity index (χ3v) is 3.89. The molecular formula is C19H28N4O3. The summed E-state index contributed by atoms with van der Waals surface area (Å²) in [6, 6.07) is 7.50. The maximum Gasteiger partial charge on any atom is 0.407 e. The highest BCUT2D eigenvalue weighted by Crippen LogP contribution is 2.21. The first-order valence-corrected chi connectivity index (χ1v) is 8.87. The van der Waals surface area contributed by atoms with Crippen molar-refractivity contribution < 1.29 is 14.3 Å². The number of hydrogen-bond donors (Lipinski definition) is 2. The lowest BCUT2D eigenvalue weighted by Gasteiger charge is -2.28. The third kappa shape index (κ3) is 5.75. The molecule has 0 saturated carbocycles. The van der Waals surface area contributed by atoms with Gasteiger partial charge in [-0.25, -0.2) is 9.80 Å². The standard InChI is InChI=1S/C19H28N4O3/c1-13-12-16(24)23(11-5-10-21-18(25)26-19(2,3)4)22-17(13)14-6-8-15(20)9-7-14/h6-9,13H,5,10-12,20H2,1-4H3,(H,21,25). The molecular weight excluding hydrogens is 332 g/mol. The van der Waals surface area contributed by atoms with Gasteiger partial charge >= 0.3 is 6.09 Å². The monoisotopic (exact) mass is 360 g/mol. The van der Waals surface area contributed by atoms with Gasteiger partial charge in [-0.2, -0.15) is 5.10 Å². The van der Waals surface area contributed by atoms with Gasteiger partial charge in [-0.3, -0.25) is 4.79 Å². The van der Waals surface area contributed by atoms with Crippen molar-refractivity contribution in [2.45, 2.75) is 46.1 Å². The average Bonchev–Trinajstić information content (AvgIpc) is 2.52. The highest BCUT2D eigenvalue weighted by Gasteiger charge is 2.27. The van der Waals surface area contributed by atoms with Gasteiger partial charge in [-0.15, -0.1) is 0 Å². The Labute approximate surface area is 154 Å². The second kappa shape index (κ2) is 8.21. The summed E-state index contributed by atoms with van der Waals surface area (Å²) in [6.45, 7) is 8.30. The topological polar surface area (TPSA) is 97.0 Å². The lowest BCUT2D eigenvalue weighted by atomic mass is 9.93. The van der Waals surface area contributed by atoms with Gasteiger partial charge < -0.3 is 15.8 Å². The summed E-state index contributed by atoms with van der Waals surface area (Å²) in [5.74, 6) is 0.0521. The fourth-order valence-electron chi connectivity index (χ4n) is 2.65. The molecule has 0 aliphatic carbocycles. The molecule has 1 aromatic rings. The summed E-state index contributed by atoms with van der Waals surface area (Å²) in [6.07, 6.45) is 0.558. The molecule has 2 rings (SSSR count). The van der Waals surface area contributed by atoms with E-state index in [0.717, 1.165) is 11.3 Å². The zero-order chi connectivity index (χ0) is 19.3. The second-order valence-corrected chi connectivity index (χ2v) is 7.51. The lowest BCUT2D eigenvalue weighted by molar-refractivity contribution is -0.132. The molecule has 0 radical (unpaired) electrons. The molecule has 0 aromatic heterocycles. The van der Waals surface area contributed by atoms with Crippen LogP contribution in [0.3, 0.4) is 0 Å². The zero-order valence-electron chi connectivity index (χ0n) is 15.9. The Balaban J connectivity index is 1.92. The predicted octanol–water partition coefficient (Wildman–Crippen LogP) is 2.76. The van der Waals surface area contributed by atoms with Crippen LogP contribution in [0, 0.1) is 5.92 Å². The highest BCUT2D eigenvalue weighted by atomic mass is 16.6. The molecule has 7 heteroatoms. The Bertz CT molecular complexity index is 677. The minimum Gasteiger partial charge on any atom is -0.444 e. The molecule has 1 aliphatic heterocycles. The summed E-state index contributed by atoms with van der Waals surface area (Å²) in [5.41, 5.74) is 7.75. The van der Waals surface area contributed by atoms with Gasteiger partial charge in [0.25, 0.3) is 0 Å². The minimum atomic E-state index is -0.526. The first-order chi connectivity index (χ1) is 12.2. The fraction of sp³-hybridized carbons (Fsp3) is 0.526. The van der Waals surface area contributed by atoms with Crippen LogP contribution >= 0.6 is 0 Å². The number of amides is 2. The summed E-state index contributed by atoms with van der Waals surface area (Å²) in [5, 5.41) is 8.71. The minimum absolute atomic E-state index is 0.00559. The van der Waals surface area contributed by atoms with E-state index in [1.165, 1.54) is 5.01 Å². The maximum absolute atomic E-state index is 12.2. The number of anilines is 1. The first-order valence-electron chi connectivity index (χ1n) is 8.87. The number of nitrogen functional groups attached to an aromatic ring is 1. The normalized spacial score (nSPS) is 17.7. The van der Waals surface area contributed by atoms with Crippen LogP contribution in [-0.2, 0) is 9.53 Å². The molecule has 0 saturated heterocycles. The molecule has 1 atom stereocenters. The van der Waals surface area contributed by atoms with E-state index >= 15 is 0 Å². The van der Waals surface area contributed by atoms with Gasteiger partial charge in [0.1, 0.15) is 5.60 Å². The number of carbonyl (C=O) groups excluding carboxylic acids is 2. The van der Waals surface area contributed by atoms with Crippen LogP contribution in [0.1, 0.15) is 46.1 Å². The van der Waals surface area contributed by atoms with Gasteiger partial charge in [0.15, 0.2) is 0 Å². The predicted molar refractivity (Wildman–Crippen MR) is 102 cm³/mol. The van der Waals surface area contributed by atoms with Crippen molar-refractivity contribution in [3.8, 4) is 0 Å². The maximum atomic E-state index is 12.2. The number of carbonyl (C=O) groups is 2. The second-order valence-electron chi connectivity index (χ2n) is 7.51. The van der Waals surface area contributed by atoms with E-state index in [4.69, 9.17) is 10.5 Å². The number of ether oxygens (including phenoxy) is 1. The molecule has 0 fully saturated rings. The van der Waals surface area contributed by atoms with Crippen LogP contribution in [0.15, 0.2) is 29.4 Å². The van der Waals surface area contributed by atoms with Crippen molar-refractivity contribution in [3.05, 3.63) is 29.8 Å². The number of alkyl carbamates (subject to hydrolysis) is 1. The smallest absolute Gasteiger partial charge is 0.407 e. The molecule has 3 N–H and O–H groups in total. The van der Waals surface area contributed by atoms with Crippen LogP contribution < -0.4 is 11.1 Å². The Kier molecular flexibility index (Phi) is 6.23. The quantitative estimate of drug-likeness (QED) is 0.623. The Morgan fingerprint density at radius 1 is 1.35 bits per heavy atom. The van der Waals surface area contributed by atoms with Crippen molar-refractivity contribution in [3.63, 3.8) is 0 Å². The van der Waals surface area contributed by atoms with E-state index < -0.39 is 11.7 Å². The Morgan fingerprint density at radius 2 is 2.00 bits per heavy atom. The molecule has 1 unspecified atom stereocenters. The van der Waals surface area contributed by atoms with Crippen LogP contribution in [-0.4, -0.2) is 41.4 Å². The Morgan fingerprint density at radius 3 is 2.62 bits per heavy atom. The van der Waals surface area contributed by atoms with Crippen molar-refractivity contribution in [1.82, 2.24) is 10.3 Å². The van der Waals surface area contributed by atoms with Crippen LogP contribution in [0.25, 0.3) is 0 Å². The molecule has 7 nitrogen and oxygen atoms in total. The SMILES string of the molecule is CC1CC(=O)N(CCCNC(=O)OC(C)(C)C)N=C1c1ccc(N)cc1. The van der Waals surface area contributed by atoms with Crippen molar-refractivity contribution in [1.29, 1.82) is 0 Å². The summed E-state index contributed by atoms with van der Waals surface area (Å²) in [7, 11) is 0. The first kappa shape index (κ1) is 19.8. The van der Waals surface area contributed by atoms with Crippen molar-refractivity contribution >= 4 is 23.4 Å². The molecule has 0 spiro atoms. The molecule has 1 aliphatic rings. The molecule has 1 heterocycles. The Hall–Kier alpha value is -2.57. The number of nitrogens with one attached hydrogen (secondary N) is 1. The van der Waals surface area contributed by atoms with E-state index in [2.05, 4.69) is 10.4 Å². The van der Waals surface area contributed by atoms with E-state index in [0.29, 0.717) is 31.6 Å². The van der Waals surface area contributed by atoms with Crippen molar-refractivity contribution in [2.75, 3.05) is 18.8 Å². The largest absolute Gasteiger partial charge is 0.444 e. The van der Waals surface area contributed by atoms with Crippen molar-refractivity contribution in [2.24, 2.45) is 11.0 Å². The van der Waals surface area contributed by atoms with Crippen LogP contribution in [0.5, 0.6) is 0 Å². The van der Waals surface area contributed by atoms with E-state index in [9.17, 15) is 9.59 Å². The molecule has 1 aromatic carbocycles. The summed E-state index contributed by atoms with van der Waals surface area (Å²) < 4.78 is 5.18. The zero-order valence-corrected chi connectivity index (χ0v) is 15.9. The van der Waals surface area contributed by atoms with Crippen LogP contribution in [0.4, 0.5) is 10.5 Å². The average molecular weight is 360 g/mol. The van der Waals surface area contributed by atoms with Gasteiger partial charge in [-0.05, 0) is 44.9 Å². The molecule has 142 valence electrons. The third-order valence-electron chi connectivity index (χ3n) is 3.89. The number of nitrogens with two attached hydrogens (primary N) is 1. The molecule has 26 heavy (non-hydrogen) atoms. The summed E-state index contributed by atoms with van der Waals surface area (Å²) in [4.78, 5) is 23.9. The number of hydrazone groups is 1. The van der Waals surface area contributed by atoms with Gasteiger partial charge in [0.05, 0.1) is 5.71 Å². The number of rotatable bonds is 5. The lowest BCUT2D eigenvalue weighted by Crippen LogP contribution is -2.38. The number of hydrogen-bond acceptors (Lipinski definition) is 5. The number of benzene rings is 1. The molecule has 2 amide bonds. The summed E-state index contributed by atoms with van der Waals surface area (Å²) >= 11 is 0. The van der Waals surface area contributed by atoms with Gasteiger partial charge in [0, 0.05) is 31.1 Å². The van der Waals surface area contributed by atoms with E-state index in [-0.39, 0.29) is 11.8 Å². The van der Waals surface area contributed by atoms with E-state index in [1.807, 2.05) is 52.0 Å². The number of nitrogens with zero attached hydrogens (tertiary/aromatic N) is 2. The highest BCUT2D eigenvalue weighted by molar-refractivity contribution is 6.05.